The second-order valence-corrected chi connectivity index (χ2v) is 18.1. The Hall–Kier alpha value is -8.84. The third kappa shape index (κ3) is 6.94. The number of benzene rings is 9. The highest BCUT2D eigenvalue weighted by atomic mass is 32.1. The van der Waals surface area contributed by atoms with E-state index >= 15 is 0 Å². The van der Waals surface area contributed by atoms with E-state index in [9.17, 15) is 0 Å². The number of hydrogen-bond acceptors (Lipinski definition) is 5. The molecular weight excluding hydrogens is 847 g/mol. The zero-order valence-electron chi connectivity index (χ0n) is 36.7. The van der Waals surface area contributed by atoms with Crippen molar-refractivity contribution in [3.8, 4) is 84.5 Å². The quantitative estimate of drug-likeness (QED) is 0.153. The Labute approximate surface area is 397 Å². The number of hydrogen-bond donors (Lipinski definition) is 0. The van der Waals surface area contributed by atoms with Crippen LogP contribution >= 0.6 is 11.3 Å². The molecule has 9 aromatic carbocycles. The van der Waals surface area contributed by atoms with Crippen molar-refractivity contribution in [2.75, 3.05) is 0 Å². The van der Waals surface area contributed by atoms with E-state index in [0.29, 0.717) is 17.5 Å². The summed E-state index contributed by atoms with van der Waals surface area (Å²) in [6.07, 6.45) is 2.02. The molecule has 0 aliphatic carbocycles. The van der Waals surface area contributed by atoms with Gasteiger partial charge in [-0.2, -0.15) is 0 Å². The molecule has 0 fully saturated rings. The molecule has 0 aliphatic rings. The lowest BCUT2D eigenvalue weighted by molar-refractivity contribution is 1.07. The van der Waals surface area contributed by atoms with Gasteiger partial charge in [-0.25, -0.2) is 15.0 Å². The first kappa shape index (κ1) is 39.5. The molecule has 5 nitrogen and oxygen atoms in total. The minimum atomic E-state index is 0.549. The van der Waals surface area contributed by atoms with E-state index in [0.717, 1.165) is 77.9 Å². The van der Waals surface area contributed by atoms with E-state index in [1.54, 1.807) is 0 Å². The molecule has 318 valence electrons. The van der Waals surface area contributed by atoms with Crippen LogP contribution in [-0.4, -0.2) is 24.5 Å². The van der Waals surface area contributed by atoms with Crippen LogP contribution in [0.15, 0.2) is 237 Å². The molecule has 13 aromatic rings. The van der Waals surface area contributed by atoms with Gasteiger partial charge in [0.05, 0.1) is 16.7 Å². The van der Waals surface area contributed by atoms with Gasteiger partial charge in [0.25, 0.3) is 0 Å². The van der Waals surface area contributed by atoms with Crippen molar-refractivity contribution in [2.45, 2.75) is 0 Å². The lowest BCUT2D eigenvalue weighted by Crippen LogP contribution is -2.02. The van der Waals surface area contributed by atoms with Gasteiger partial charge in [0.2, 0.25) is 0 Å². The second kappa shape index (κ2) is 16.5. The van der Waals surface area contributed by atoms with Crippen LogP contribution in [0.3, 0.4) is 0 Å². The van der Waals surface area contributed by atoms with Gasteiger partial charge in [-0.15, -0.1) is 11.3 Å². The molecule has 0 unspecified atom stereocenters. The smallest absolute Gasteiger partial charge is 0.166 e. The molecule has 0 saturated heterocycles. The third-order valence-corrected chi connectivity index (χ3v) is 14.0. The minimum Gasteiger partial charge on any atom is -0.309 e. The highest BCUT2D eigenvalue weighted by molar-refractivity contribution is 7.26. The van der Waals surface area contributed by atoms with Gasteiger partial charge in [0.1, 0.15) is 0 Å². The zero-order chi connectivity index (χ0) is 45.0. The van der Waals surface area contributed by atoms with Crippen molar-refractivity contribution < 1.29 is 0 Å². The van der Waals surface area contributed by atoms with Crippen molar-refractivity contribution in [1.29, 1.82) is 0 Å². The zero-order valence-corrected chi connectivity index (χ0v) is 37.5. The summed E-state index contributed by atoms with van der Waals surface area (Å²) >= 11 is 1.82. The Kier molecular flexibility index (Phi) is 9.62. The summed E-state index contributed by atoms with van der Waals surface area (Å²) in [4.78, 5) is 21.3. The molecule has 4 aromatic heterocycles. The Morgan fingerprint density at radius 3 is 1.47 bits per heavy atom. The Bertz CT molecular complexity index is 3880. The second-order valence-electron chi connectivity index (χ2n) is 17.0. The molecule has 0 atom stereocenters. The summed E-state index contributed by atoms with van der Waals surface area (Å²) in [6, 6.07) is 81.3. The van der Waals surface area contributed by atoms with Crippen molar-refractivity contribution in [3.05, 3.63) is 237 Å². The highest BCUT2D eigenvalue weighted by Crippen LogP contribution is 2.46. The van der Waals surface area contributed by atoms with Gasteiger partial charge in [-0.05, 0) is 88.5 Å². The Balaban J connectivity index is 1.09. The van der Waals surface area contributed by atoms with Crippen molar-refractivity contribution in [1.82, 2.24) is 24.5 Å². The van der Waals surface area contributed by atoms with Gasteiger partial charge >= 0.3 is 0 Å². The summed E-state index contributed by atoms with van der Waals surface area (Å²) in [5.41, 5.74) is 14.5. The van der Waals surface area contributed by atoms with Gasteiger partial charge < -0.3 is 4.57 Å². The van der Waals surface area contributed by atoms with Crippen LogP contribution in [0.4, 0.5) is 0 Å². The molecule has 68 heavy (non-hydrogen) atoms. The molecule has 0 N–H and O–H groups in total. The predicted molar refractivity (Wildman–Crippen MR) is 283 cm³/mol. The molecular formula is C62H39N5S. The maximum atomic E-state index is 5.51. The third-order valence-electron chi connectivity index (χ3n) is 12.9. The fourth-order valence-electron chi connectivity index (χ4n) is 9.67. The fourth-order valence-corrected chi connectivity index (χ4v) is 10.8. The number of pyridine rings is 1. The van der Waals surface area contributed by atoms with Gasteiger partial charge in [-0.3, -0.25) is 4.98 Å². The summed E-state index contributed by atoms with van der Waals surface area (Å²) in [6.45, 7) is 0. The monoisotopic (exact) mass is 885 g/mol. The average molecular weight is 886 g/mol. The van der Waals surface area contributed by atoms with Crippen molar-refractivity contribution in [3.63, 3.8) is 0 Å². The molecule has 6 heteroatoms. The molecule has 0 aliphatic heterocycles. The molecule has 0 saturated carbocycles. The molecule has 0 amide bonds. The van der Waals surface area contributed by atoms with Gasteiger partial charge in [0, 0.05) is 70.6 Å². The lowest BCUT2D eigenvalue weighted by Gasteiger charge is -2.15. The maximum absolute atomic E-state index is 5.51. The summed E-state index contributed by atoms with van der Waals surface area (Å²) in [7, 11) is 0. The van der Waals surface area contributed by atoms with Gasteiger partial charge in [0.15, 0.2) is 17.5 Å². The number of nitrogens with zero attached hydrogens (tertiary/aromatic N) is 5. The van der Waals surface area contributed by atoms with Crippen LogP contribution in [0.25, 0.3) is 126 Å². The molecule has 4 heterocycles. The maximum Gasteiger partial charge on any atom is 0.166 e. The predicted octanol–water partition coefficient (Wildman–Crippen LogP) is 16.4. The van der Waals surface area contributed by atoms with E-state index < -0.39 is 0 Å². The Morgan fingerprint density at radius 2 is 0.853 bits per heavy atom. The number of para-hydroxylation sites is 2. The number of rotatable bonds is 8. The highest BCUT2D eigenvalue weighted by Gasteiger charge is 2.23. The lowest BCUT2D eigenvalue weighted by atomic mass is 9.92. The summed E-state index contributed by atoms with van der Waals surface area (Å²) in [5.74, 6) is 1.74. The van der Waals surface area contributed by atoms with E-state index in [1.165, 1.54) is 31.1 Å². The minimum absolute atomic E-state index is 0.549. The van der Waals surface area contributed by atoms with E-state index in [2.05, 4.69) is 199 Å². The number of aromatic nitrogens is 5. The molecule has 13 rings (SSSR count). The SMILES string of the molecule is c1ccc(-c2cc(-c3ccccc3)cc(-c3cnc(-c4cccc5sc6cc7c8ccccc8n(-c8ccccc8)c7cc6c45)c(-c4nc(-c5ccccc5)nc(-c5ccccc5)n4)c3)c2)cc1. The first-order valence-corrected chi connectivity index (χ1v) is 23.6. The first-order chi connectivity index (χ1) is 33.7. The molecule has 0 radical (unpaired) electrons. The standard InChI is InChI=1S/C62H39N5S/c1-6-19-40(20-7-1)44-33-45(41-21-8-2-9-22-41)35-46(34-44)47-36-53(62-65-60(42-23-10-3-11-24-42)64-61(66-62)43-25-12-4-13-26-43)59(63-39-47)50-30-18-32-56-58(50)52-37-55-51(38-57(52)68-56)49-29-16-17-31-54(49)67(55)48-27-14-5-15-28-48/h1-39H. The summed E-state index contributed by atoms with van der Waals surface area (Å²) < 4.78 is 4.80. The van der Waals surface area contributed by atoms with Crippen molar-refractivity contribution >= 4 is 53.3 Å². The van der Waals surface area contributed by atoms with Crippen molar-refractivity contribution in [2.24, 2.45) is 0 Å². The molecule has 0 spiro atoms. The average Bonchev–Trinajstić information content (AvgIpc) is 3.96. The number of fused-ring (bicyclic) bond motifs is 6. The largest absolute Gasteiger partial charge is 0.309 e. The van der Waals surface area contributed by atoms with Crippen LogP contribution in [0.2, 0.25) is 0 Å². The van der Waals surface area contributed by atoms with Crippen LogP contribution in [-0.2, 0) is 0 Å². The molecule has 0 bridgehead atoms. The topological polar surface area (TPSA) is 56.5 Å². The van der Waals surface area contributed by atoms with Crippen LogP contribution in [0.5, 0.6) is 0 Å². The normalized spacial score (nSPS) is 11.5. The van der Waals surface area contributed by atoms with Crippen LogP contribution < -0.4 is 0 Å². The fraction of sp³-hybridized carbons (Fsp3) is 0. The van der Waals surface area contributed by atoms with Crippen LogP contribution in [0.1, 0.15) is 0 Å². The van der Waals surface area contributed by atoms with Gasteiger partial charge in [-0.1, -0.05) is 170 Å². The summed E-state index contributed by atoms with van der Waals surface area (Å²) in [5, 5.41) is 4.79. The van der Waals surface area contributed by atoms with E-state index in [-0.39, 0.29) is 0 Å². The Morgan fingerprint density at radius 1 is 0.324 bits per heavy atom. The van der Waals surface area contributed by atoms with E-state index in [4.69, 9.17) is 19.9 Å². The van der Waals surface area contributed by atoms with E-state index in [1.807, 2.05) is 53.9 Å². The first-order valence-electron chi connectivity index (χ1n) is 22.8. The number of thiophene rings is 1. The van der Waals surface area contributed by atoms with Crippen LogP contribution in [0, 0.1) is 0 Å².